The molecular weight excluding hydrogens is 196 g/mol. The summed E-state index contributed by atoms with van der Waals surface area (Å²) >= 11 is 0. The number of rotatable bonds is 8. The summed E-state index contributed by atoms with van der Waals surface area (Å²) in [5, 5.41) is 17.5. The zero-order valence-corrected chi connectivity index (χ0v) is 9.61. The number of esters is 1. The maximum atomic E-state index is 11.0. The number of carbonyl (C=O) groups excluding carboxylic acids is 1. The summed E-state index contributed by atoms with van der Waals surface area (Å²) in [6.45, 7) is 4.02. The van der Waals surface area contributed by atoms with Crippen LogP contribution in [0.25, 0.3) is 0 Å². The summed E-state index contributed by atoms with van der Waals surface area (Å²) in [5.74, 6) is -0.227. The van der Waals surface area contributed by atoms with Gasteiger partial charge in [0.2, 0.25) is 0 Å². The molecular formula is C11H22O4. The Balaban J connectivity index is 3.65. The van der Waals surface area contributed by atoms with Gasteiger partial charge in [0.15, 0.2) is 0 Å². The normalized spacial score (nSPS) is 14.7. The zero-order chi connectivity index (χ0) is 11.7. The molecule has 4 heteroatoms. The molecule has 4 nitrogen and oxygen atoms in total. The maximum absolute atomic E-state index is 11.0. The van der Waals surface area contributed by atoms with Crippen LogP contribution in [0.1, 0.15) is 39.5 Å². The highest BCUT2D eigenvalue weighted by molar-refractivity contribution is 5.73. The SMILES string of the molecule is CCC(CCCCO)COC(=O)C(C)O. The van der Waals surface area contributed by atoms with Crippen LogP contribution in [0.5, 0.6) is 0 Å². The van der Waals surface area contributed by atoms with Crippen molar-refractivity contribution in [2.45, 2.75) is 45.6 Å². The topological polar surface area (TPSA) is 66.8 Å². The molecule has 0 aromatic carbocycles. The summed E-state index contributed by atoms with van der Waals surface area (Å²) in [7, 11) is 0. The average molecular weight is 218 g/mol. The van der Waals surface area contributed by atoms with Gasteiger partial charge in [0.1, 0.15) is 6.10 Å². The van der Waals surface area contributed by atoms with Gasteiger partial charge in [-0.05, 0) is 25.7 Å². The molecule has 0 spiro atoms. The third-order valence-corrected chi connectivity index (χ3v) is 2.40. The van der Waals surface area contributed by atoms with Gasteiger partial charge in [-0.3, -0.25) is 0 Å². The van der Waals surface area contributed by atoms with Crippen LogP contribution in [-0.4, -0.2) is 35.5 Å². The zero-order valence-electron chi connectivity index (χ0n) is 9.61. The second kappa shape index (κ2) is 8.68. The minimum atomic E-state index is -1.04. The van der Waals surface area contributed by atoms with Crippen molar-refractivity contribution >= 4 is 5.97 Å². The molecule has 2 unspecified atom stereocenters. The van der Waals surface area contributed by atoms with Crippen molar-refractivity contribution in [2.24, 2.45) is 5.92 Å². The van der Waals surface area contributed by atoms with E-state index in [1.54, 1.807) is 0 Å². The Morgan fingerprint density at radius 1 is 1.40 bits per heavy atom. The molecule has 0 bridgehead atoms. The van der Waals surface area contributed by atoms with Gasteiger partial charge in [-0.1, -0.05) is 19.8 Å². The lowest BCUT2D eigenvalue weighted by atomic mass is 10.0. The van der Waals surface area contributed by atoms with E-state index in [0.29, 0.717) is 12.5 Å². The molecule has 0 fully saturated rings. The highest BCUT2D eigenvalue weighted by Gasteiger charge is 2.13. The van der Waals surface area contributed by atoms with Crippen molar-refractivity contribution in [3.63, 3.8) is 0 Å². The molecule has 0 aromatic rings. The summed E-state index contributed by atoms with van der Waals surface area (Å²) in [5.41, 5.74) is 0. The molecule has 2 N–H and O–H groups in total. The maximum Gasteiger partial charge on any atom is 0.334 e. The van der Waals surface area contributed by atoms with Crippen LogP contribution in [0.4, 0.5) is 0 Å². The number of unbranched alkanes of at least 4 members (excludes halogenated alkanes) is 1. The standard InChI is InChI=1S/C11H22O4/c1-3-10(6-4-5-7-12)8-15-11(14)9(2)13/h9-10,12-13H,3-8H2,1-2H3. The first-order valence-electron chi connectivity index (χ1n) is 5.57. The fourth-order valence-electron chi connectivity index (χ4n) is 1.27. The van der Waals surface area contributed by atoms with Gasteiger partial charge < -0.3 is 14.9 Å². The van der Waals surface area contributed by atoms with Gasteiger partial charge in [0, 0.05) is 6.61 Å². The van der Waals surface area contributed by atoms with Crippen LogP contribution in [0.2, 0.25) is 0 Å². The third kappa shape index (κ3) is 7.33. The molecule has 0 radical (unpaired) electrons. The number of hydrogen-bond donors (Lipinski definition) is 2. The van der Waals surface area contributed by atoms with Crippen molar-refractivity contribution in [1.29, 1.82) is 0 Å². The van der Waals surface area contributed by atoms with E-state index in [2.05, 4.69) is 0 Å². The van der Waals surface area contributed by atoms with E-state index in [1.807, 2.05) is 6.92 Å². The monoisotopic (exact) mass is 218 g/mol. The van der Waals surface area contributed by atoms with Crippen LogP contribution in [-0.2, 0) is 9.53 Å². The van der Waals surface area contributed by atoms with E-state index in [0.717, 1.165) is 25.7 Å². The van der Waals surface area contributed by atoms with E-state index in [-0.39, 0.29) is 6.61 Å². The predicted molar refractivity (Wildman–Crippen MR) is 57.4 cm³/mol. The first-order chi connectivity index (χ1) is 7.11. The second-order valence-corrected chi connectivity index (χ2v) is 3.80. The lowest BCUT2D eigenvalue weighted by Gasteiger charge is -2.15. The lowest BCUT2D eigenvalue weighted by Crippen LogP contribution is -2.22. The summed E-state index contributed by atoms with van der Waals surface area (Å²) in [6.07, 6.45) is 2.59. The second-order valence-electron chi connectivity index (χ2n) is 3.80. The minimum Gasteiger partial charge on any atom is -0.463 e. The molecule has 15 heavy (non-hydrogen) atoms. The largest absolute Gasteiger partial charge is 0.463 e. The number of hydrogen-bond acceptors (Lipinski definition) is 4. The first kappa shape index (κ1) is 14.4. The number of ether oxygens (including phenoxy) is 1. The molecule has 0 rings (SSSR count). The van der Waals surface area contributed by atoms with E-state index in [1.165, 1.54) is 6.92 Å². The molecule has 0 aliphatic carbocycles. The molecule has 0 heterocycles. The average Bonchev–Trinajstić information content (AvgIpc) is 2.22. The molecule has 2 atom stereocenters. The smallest absolute Gasteiger partial charge is 0.334 e. The molecule has 0 aliphatic rings. The van der Waals surface area contributed by atoms with Crippen LogP contribution >= 0.6 is 0 Å². The summed E-state index contributed by atoms with van der Waals surface area (Å²) < 4.78 is 4.94. The molecule has 0 amide bonds. The Kier molecular flexibility index (Phi) is 8.33. The van der Waals surface area contributed by atoms with E-state index in [4.69, 9.17) is 14.9 Å². The van der Waals surface area contributed by atoms with E-state index < -0.39 is 12.1 Å². The molecule has 0 aliphatic heterocycles. The quantitative estimate of drug-likeness (QED) is 0.473. The van der Waals surface area contributed by atoms with Crippen LogP contribution in [0, 0.1) is 5.92 Å². The van der Waals surface area contributed by atoms with Crippen LogP contribution < -0.4 is 0 Å². The summed E-state index contributed by atoms with van der Waals surface area (Å²) in [4.78, 5) is 11.0. The molecule has 0 aromatic heterocycles. The Labute approximate surface area is 91.3 Å². The molecule has 0 saturated heterocycles. The van der Waals surface area contributed by atoms with Gasteiger partial charge in [0.25, 0.3) is 0 Å². The minimum absolute atomic E-state index is 0.212. The highest BCUT2D eigenvalue weighted by Crippen LogP contribution is 2.13. The van der Waals surface area contributed by atoms with Gasteiger partial charge in [-0.15, -0.1) is 0 Å². The van der Waals surface area contributed by atoms with Gasteiger partial charge in [-0.2, -0.15) is 0 Å². The van der Waals surface area contributed by atoms with Gasteiger partial charge >= 0.3 is 5.97 Å². The van der Waals surface area contributed by atoms with E-state index in [9.17, 15) is 4.79 Å². The van der Waals surface area contributed by atoms with Crippen LogP contribution in [0.15, 0.2) is 0 Å². The van der Waals surface area contributed by atoms with Crippen molar-refractivity contribution in [3.8, 4) is 0 Å². The molecule has 0 saturated carbocycles. The Morgan fingerprint density at radius 2 is 2.07 bits per heavy atom. The number of aliphatic hydroxyl groups is 2. The van der Waals surface area contributed by atoms with Crippen LogP contribution in [0.3, 0.4) is 0 Å². The van der Waals surface area contributed by atoms with Crippen molar-refractivity contribution < 1.29 is 19.7 Å². The summed E-state index contributed by atoms with van der Waals surface area (Å²) in [6, 6.07) is 0. The van der Waals surface area contributed by atoms with Gasteiger partial charge in [-0.25, -0.2) is 4.79 Å². The highest BCUT2D eigenvalue weighted by atomic mass is 16.5. The van der Waals surface area contributed by atoms with Gasteiger partial charge in [0.05, 0.1) is 6.61 Å². The van der Waals surface area contributed by atoms with Crippen molar-refractivity contribution in [1.82, 2.24) is 0 Å². The Bertz CT molecular complexity index is 168. The Hall–Kier alpha value is -0.610. The Morgan fingerprint density at radius 3 is 2.53 bits per heavy atom. The fourth-order valence-corrected chi connectivity index (χ4v) is 1.27. The molecule has 90 valence electrons. The fraction of sp³-hybridized carbons (Fsp3) is 0.909. The van der Waals surface area contributed by atoms with Crippen molar-refractivity contribution in [3.05, 3.63) is 0 Å². The van der Waals surface area contributed by atoms with Crippen molar-refractivity contribution in [2.75, 3.05) is 13.2 Å². The lowest BCUT2D eigenvalue weighted by molar-refractivity contribution is -0.154. The number of aliphatic hydroxyl groups excluding tert-OH is 2. The predicted octanol–water partition coefficient (Wildman–Crippen LogP) is 1.10. The van der Waals surface area contributed by atoms with E-state index >= 15 is 0 Å². The number of carbonyl (C=O) groups is 1. The third-order valence-electron chi connectivity index (χ3n) is 2.40. The first-order valence-corrected chi connectivity index (χ1v) is 5.57.